The van der Waals surface area contributed by atoms with Gasteiger partial charge in [-0.15, -0.1) is 0 Å². The molecule has 0 aliphatic heterocycles. The van der Waals surface area contributed by atoms with Gasteiger partial charge < -0.3 is 5.73 Å². The number of benzene rings is 1. The highest BCUT2D eigenvalue weighted by Crippen LogP contribution is 2.25. The van der Waals surface area contributed by atoms with E-state index in [0.717, 1.165) is 25.7 Å². The molecule has 0 heterocycles. The minimum absolute atomic E-state index is 0.0347. The third-order valence-corrected chi connectivity index (χ3v) is 3.84. The third kappa shape index (κ3) is 3.30. The standard InChI is InChI=1S/C14H17ClFNO/c15-12-5-4-9(6-13(12)16)7-14(18)10-2-1-3-11(17)8-10/h4-6,10-11H,1-3,7-8,17H2. The van der Waals surface area contributed by atoms with Crippen LogP contribution in [0.15, 0.2) is 18.2 Å². The van der Waals surface area contributed by atoms with Gasteiger partial charge in [0.2, 0.25) is 0 Å². The van der Waals surface area contributed by atoms with Crippen molar-refractivity contribution >= 4 is 17.4 Å². The SMILES string of the molecule is NC1CCCC(C(=O)Cc2ccc(Cl)c(F)c2)C1. The molecular formula is C14H17ClFNO. The Morgan fingerprint density at radius 1 is 1.44 bits per heavy atom. The highest BCUT2D eigenvalue weighted by Gasteiger charge is 2.25. The molecule has 2 rings (SSSR count). The molecule has 2 atom stereocenters. The largest absolute Gasteiger partial charge is 0.328 e. The van der Waals surface area contributed by atoms with E-state index in [9.17, 15) is 9.18 Å². The minimum atomic E-state index is -0.470. The van der Waals surface area contributed by atoms with E-state index in [2.05, 4.69) is 0 Å². The van der Waals surface area contributed by atoms with Gasteiger partial charge in [-0.2, -0.15) is 0 Å². The number of Topliss-reactive ketones (excluding diaryl/α,β-unsaturated/α-hetero) is 1. The number of rotatable bonds is 3. The Labute approximate surface area is 111 Å². The predicted molar refractivity (Wildman–Crippen MR) is 70.1 cm³/mol. The van der Waals surface area contributed by atoms with E-state index >= 15 is 0 Å². The van der Waals surface area contributed by atoms with E-state index in [1.165, 1.54) is 12.1 Å². The first-order valence-electron chi connectivity index (χ1n) is 6.28. The number of carbonyl (C=O) groups is 1. The Kier molecular flexibility index (Phi) is 4.36. The number of carbonyl (C=O) groups excluding carboxylic acids is 1. The molecule has 18 heavy (non-hydrogen) atoms. The van der Waals surface area contributed by atoms with Gasteiger partial charge in [-0.1, -0.05) is 24.1 Å². The molecule has 4 heteroatoms. The first kappa shape index (κ1) is 13.5. The van der Waals surface area contributed by atoms with Crippen molar-refractivity contribution in [2.75, 3.05) is 0 Å². The van der Waals surface area contributed by atoms with Crippen LogP contribution in [0.5, 0.6) is 0 Å². The molecule has 0 radical (unpaired) electrons. The smallest absolute Gasteiger partial charge is 0.142 e. The number of halogens is 2. The van der Waals surface area contributed by atoms with Crippen LogP contribution in [0.25, 0.3) is 0 Å². The normalized spacial score (nSPS) is 23.9. The fourth-order valence-corrected chi connectivity index (χ4v) is 2.63. The van der Waals surface area contributed by atoms with Crippen LogP contribution in [-0.2, 0) is 11.2 Å². The molecule has 1 aromatic rings. The lowest BCUT2D eigenvalue weighted by atomic mass is 9.82. The van der Waals surface area contributed by atoms with Gasteiger partial charge in [-0.05, 0) is 37.0 Å². The Balaban J connectivity index is 2.00. The first-order valence-corrected chi connectivity index (χ1v) is 6.66. The van der Waals surface area contributed by atoms with Crippen molar-refractivity contribution in [2.24, 2.45) is 11.7 Å². The molecule has 0 saturated heterocycles. The van der Waals surface area contributed by atoms with E-state index in [1.807, 2.05) is 0 Å². The van der Waals surface area contributed by atoms with Crippen molar-refractivity contribution in [1.82, 2.24) is 0 Å². The highest BCUT2D eigenvalue weighted by molar-refractivity contribution is 6.30. The van der Waals surface area contributed by atoms with Gasteiger partial charge in [-0.25, -0.2) is 4.39 Å². The molecule has 1 saturated carbocycles. The summed E-state index contributed by atoms with van der Waals surface area (Å²) in [5.74, 6) is -0.276. The van der Waals surface area contributed by atoms with Crippen LogP contribution < -0.4 is 5.73 Å². The summed E-state index contributed by atoms with van der Waals surface area (Å²) < 4.78 is 13.3. The molecule has 1 fully saturated rings. The molecule has 98 valence electrons. The van der Waals surface area contributed by atoms with Gasteiger partial charge in [0.1, 0.15) is 11.6 Å². The summed E-state index contributed by atoms with van der Waals surface area (Å²) in [5, 5.41) is 0.0888. The highest BCUT2D eigenvalue weighted by atomic mass is 35.5. The van der Waals surface area contributed by atoms with E-state index in [1.54, 1.807) is 6.07 Å². The molecule has 0 aromatic heterocycles. The lowest BCUT2D eigenvalue weighted by molar-refractivity contribution is -0.123. The van der Waals surface area contributed by atoms with Crippen LogP contribution in [0.4, 0.5) is 4.39 Å². The summed E-state index contributed by atoms with van der Waals surface area (Å²) in [4.78, 5) is 12.1. The number of hydrogen-bond donors (Lipinski definition) is 1. The lowest BCUT2D eigenvalue weighted by Crippen LogP contribution is -2.32. The molecular weight excluding hydrogens is 253 g/mol. The second kappa shape index (κ2) is 5.81. The zero-order valence-electron chi connectivity index (χ0n) is 10.2. The maximum absolute atomic E-state index is 13.3. The average molecular weight is 270 g/mol. The molecule has 1 aliphatic carbocycles. The Morgan fingerprint density at radius 3 is 2.89 bits per heavy atom. The molecule has 0 spiro atoms. The van der Waals surface area contributed by atoms with E-state index < -0.39 is 5.82 Å². The van der Waals surface area contributed by atoms with Crippen molar-refractivity contribution < 1.29 is 9.18 Å². The van der Waals surface area contributed by atoms with E-state index in [-0.39, 0.29) is 29.2 Å². The third-order valence-electron chi connectivity index (χ3n) is 3.53. The van der Waals surface area contributed by atoms with E-state index in [4.69, 9.17) is 17.3 Å². The summed E-state index contributed by atoms with van der Waals surface area (Å²) in [7, 11) is 0. The fourth-order valence-electron chi connectivity index (χ4n) is 2.52. The molecule has 1 aliphatic rings. The number of nitrogens with two attached hydrogens (primary N) is 1. The van der Waals surface area contributed by atoms with Crippen molar-refractivity contribution in [3.05, 3.63) is 34.6 Å². The van der Waals surface area contributed by atoms with E-state index in [0.29, 0.717) is 5.56 Å². The molecule has 0 bridgehead atoms. The quantitative estimate of drug-likeness (QED) is 0.916. The molecule has 1 aromatic carbocycles. The van der Waals surface area contributed by atoms with Crippen LogP contribution >= 0.6 is 11.6 Å². The first-order chi connectivity index (χ1) is 8.56. The van der Waals surface area contributed by atoms with Crippen molar-refractivity contribution in [3.63, 3.8) is 0 Å². The molecule has 2 N–H and O–H groups in total. The Hall–Kier alpha value is -0.930. The zero-order valence-corrected chi connectivity index (χ0v) is 10.9. The summed E-state index contributed by atoms with van der Waals surface area (Å²) >= 11 is 5.61. The number of hydrogen-bond acceptors (Lipinski definition) is 2. The minimum Gasteiger partial charge on any atom is -0.328 e. The monoisotopic (exact) mass is 269 g/mol. The maximum atomic E-state index is 13.3. The van der Waals surface area contributed by atoms with Crippen molar-refractivity contribution in [1.29, 1.82) is 0 Å². The van der Waals surface area contributed by atoms with Crippen molar-refractivity contribution in [3.8, 4) is 0 Å². The Bertz CT molecular complexity index is 449. The maximum Gasteiger partial charge on any atom is 0.142 e. The van der Waals surface area contributed by atoms with Gasteiger partial charge in [0.25, 0.3) is 0 Å². The average Bonchev–Trinajstić information content (AvgIpc) is 2.34. The van der Waals surface area contributed by atoms with Crippen LogP contribution in [0.3, 0.4) is 0 Å². The fraction of sp³-hybridized carbons (Fsp3) is 0.500. The predicted octanol–water partition coefficient (Wildman–Crippen LogP) is 3.11. The molecule has 0 amide bonds. The van der Waals surface area contributed by atoms with Crippen LogP contribution in [0, 0.1) is 11.7 Å². The van der Waals surface area contributed by atoms with Crippen LogP contribution in [0.1, 0.15) is 31.2 Å². The van der Waals surface area contributed by atoms with Gasteiger partial charge >= 0.3 is 0 Å². The second-order valence-electron chi connectivity index (χ2n) is 5.02. The van der Waals surface area contributed by atoms with Gasteiger partial charge in [0, 0.05) is 18.4 Å². The summed E-state index contributed by atoms with van der Waals surface area (Å²) in [6.45, 7) is 0. The summed E-state index contributed by atoms with van der Waals surface area (Å²) in [5.41, 5.74) is 6.55. The van der Waals surface area contributed by atoms with Gasteiger partial charge in [0.05, 0.1) is 5.02 Å². The topological polar surface area (TPSA) is 43.1 Å². The molecule has 2 unspecified atom stereocenters. The van der Waals surface area contributed by atoms with Crippen molar-refractivity contribution in [2.45, 2.75) is 38.1 Å². The van der Waals surface area contributed by atoms with Crippen LogP contribution in [0.2, 0.25) is 5.02 Å². The van der Waals surface area contributed by atoms with Gasteiger partial charge in [0.15, 0.2) is 0 Å². The van der Waals surface area contributed by atoms with Gasteiger partial charge in [-0.3, -0.25) is 4.79 Å². The summed E-state index contributed by atoms with van der Waals surface area (Å²) in [6, 6.07) is 4.66. The molecule has 2 nitrogen and oxygen atoms in total. The summed E-state index contributed by atoms with van der Waals surface area (Å²) in [6.07, 6.45) is 3.94. The Morgan fingerprint density at radius 2 is 2.22 bits per heavy atom. The van der Waals surface area contributed by atoms with Crippen LogP contribution in [-0.4, -0.2) is 11.8 Å². The lowest BCUT2D eigenvalue weighted by Gasteiger charge is -2.25. The second-order valence-corrected chi connectivity index (χ2v) is 5.42. The zero-order chi connectivity index (χ0) is 13.1. The number of ketones is 1.